The fourth-order valence-corrected chi connectivity index (χ4v) is 7.57. The van der Waals surface area contributed by atoms with Crippen LogP contribution in [0.25, 0.3) is 0 Å². The van der Waals surface area contributed by atoms with Gasteiger partial charge >= 0.3 is 6.03 Å². The van der Waals surface area contributed by atoms with E-state index in [0.29, 0.717) is 41.5 Å². The van der Waals surface area contributed by atoms with Crippen LogP contribution < -0.4 is 10.6 Å². The third-order valence-corrected chi connectivity index (χ3v) is 10.4. The Labute approximate surface area is 261 Å². The standard InChI is InChI=1S/C31H35ClFN5O5S/c1-3-43-24-17-27(38(19-24)30(40)37-28-9-7-23(32)18-35-28)29(39)36-26-16-22(6-8-25(26)33)31(44(2,41)42,13-10-20-4-5-20)21-11-14-34-15-12-21/h6-9,11-12,14-16,18,20,24,27H,3-5,10,13,17,19H2,1-2H3,(H,36,39)(H,35,37,40)/t24-,27-,31?/m1/s1. The molecule has 1 aromatic carbocycles. The molecule has 10 nitrogen and oxygen atoms in total. The number of anilines is 2. The number of benzene rings is 1. The lowest BCUT2D eigenvalue weighted by Crippen LogP contribution is -2.45. The first kappa shape index (κ1) is 31.8. The van der Waals surface area contributed by atoms with E-state index in [1.165, 1.54) is 47.9 Å². The molecule has 2 aliphatic rings. The first-order valence-electron chi connectivity index (χ1n) is 14.5. The summed E-state index contributed by atoms with van der Waals surface area (Å²) in [4.78, 5) is 36.4. The van der Waals surface area contributed by atoms with Gasteiger partial charge in [0.1, 0.15) is 22.4 Å². The first-order valence-corrected chi connectivity index (χ1v) is 16.8. The Morgan fingerprint density at radius 3 is 2.50 bits per heavy atom. The van der Waals surface area contributed by atoms with Crippen molar-refractivity contribution >= 4 is 44.9 Å². The van der Waals surface area contributed by atoms with Gasteiger partial charge in [0.05, 0.1) is 16.8 Å². The van der Waals surface area contributed by atoms with E-state index in [0.717, 1.165) is 18.9 Å². The van der Waals surface area contributed by atoms with Crippen LogP contribution in [0.4, 0.5) is 20.7 Å². The molecule has 1 aliphatic heterocycles. The van der Waals surface area contributed by atoms with Gasteiger partial charge in [-0.1, -0.05) is 30.5 Å². The molecule has 3 amide bonds. The minimum atomic E-state index is -3.80. The minimum Gasteiger partial charge on any atom is -0.377 e. The Morgan fingerprint density at radius 1 is 1.11 bits per heavy atom. The van der Waals surface area contributed by atoms with Crippen LogP contribution in [0.3, 0.4) is 0 Å². The quantitative estimate of drug-likeness (QED) is 0.286. The molecule has 44 heavy (non-hydrogen) atoms. The summed E-state index contributed by atoms with van der Waals surface area (Å²) in [5, 5.41) is 5.70. The molecule has 1 unspecified atom stereocenters. The molecular formula is C31H35ClFN5O5S. The van der Waals surface area contributed by atoms with Gasteiger partial charge in [-0.2, -0.15) is 0 Å². The highest BCUT2D eigenvalue weighted by molar-refractivity contribution is 7.91. The second-order valence-electron chi connectivity index (χ2n) is 11.3. The molecule has 0 spiro atoms. The smallest absolute Gasteiger partial charge is 0.323 e. The summed E-state index contributed by atoms with van der Waals surface area (Å²) in [5.41, 5.74) is 0.680. The highest BCUT2D eigenvalue weighted by Crippen LogP contribution is 2.46. The number of hydrogen-bond acceptors (Lipinski definition) is 7. The molecule has 0 bridgehead atoms. The summed E-state index contributed by atoms with van der Waals surface area (Å²) in [6.45, 7) is 2.33. The lowest BCUT2D eigenvalue weighted by atomic mass is 9.85. The van der Waals surface area contributed by atoms with Gasteiger partial charge in [-0.05, 0) is 73.2 Å². The van der Waals surface area contributed by atoms with Crippen molar-refractivity contribution in [1.82, 2.24) is 14.9 Å². The summed E-state index contributed by atoms with van der Waals surface area (Å²) in [6.07, 6.45) is 8.48. The molecule has 1 saturated carbocycles. The number of ether oxygens (including phenoxy) is 1. The molecule has 2 aromatic heterocycles. The van der Waals surface area contributed by atoms with Crippen molar-refractivity contribution in [3.8, 4) is 0 Å². The molecule has 0 radical (unpaired) electrons. The predicted octanol–water partition coefficient (Wildman–Crippen LogP) is 5.40. The van der Waals surface area contributed by atoms with Crippen LogP contribution in [0.5, 0.6) is 0 Å². The van der Waals surface area contributed by atoms with E-state index in [-0.39, 0.29) is 24.5 Å². The zero-order valence-corrected chi connectivity index (χ0v) is 26.1. The fraction of sp³-hybridized carbons (Fsp3) is 0.419. The Balaban J connectivity index is 1.45. The molecule has 3 heterocycles. The second-order valence-corrected chi connectivity index (χ2v) is 14.0. The van der Waals surface area contributed by atoms with Gasteiger partial charge in [0.15, 0.2) is 9.84 Å². The van der Waals surface area contributed by atoms with Crippen LogP contribution in [-0.2, 0) is 24.1 Å². The fourth-order valence-electron chi connectivity index (χ4n) is 5.85. The normalized spacial score (nSPS) is 19.8. The average Bonchev–Trinajstić information content (AvgIpc) is 3.72. The third-order valence-electron chi connectivity index (χ3n) is 8.26. The Kier molecular flexibility index (Phi) is 9.52. The van der Waals surface area contributed by atoms with Gasteiger partial charge in [0, 0.05) is 44.4 Å². The number of amides is 3. The molecule has 3 atom stereocenters. The van der Waals surface area contributed by atoms with Crippen LogP contribution in [0.15, 0.2) is 61.1 Å². The highest BCUT2D eigenvalue weighted by Gasteiger charge is 2.46. The molecule has 2 fully saturated rings. The van der Waals surface area contributed by atoms with E-state index in [4.69, 9.17) is 16.3 Å². The maximum atomic E-state index is 15.3. The Bertz CT molecular complexity index is 1610. The van der Waals surface area contributed by atoms with Crippen LogP contribution in [-0.4, -0.2) is 66.8 Å². The maximum absolute atomic E-state index is 15.3. The third kappa shape index (κ3) is 6.87. The average molecular weight is 644 g/mol. The first-order chi connectivity index (χ1) is 21.0. The van der Waals surface area contributed by atoms with Crippen molar-refractivity contribution in [1.29, 1.82) is 0 Å². The molecule has 13 heteroatoms. The van der Waals surface area contributed by atoms with Crippen LogP contribution >= 0.6 is 11.6 Å². The number of carbonyl (C=O) groups excluding carboxylic acids is 2. The van der Waals surface area contributed by atoms with E-state index >= 15 is 4.39 Å². The van der Waals surface area contributed by atoms with Gasteiger partial charge < -0.3 is 15.0 Å². The Hall–Kier alpha value is -3.61. The van der Waals surface area contributed by atoms with Gasteiger partial charge in [0.2, 0.25) is 5.91 Å². The van der Waals surface area contributed by atoms with E-state index in [2.05, 4.69) is 20.6 Å². The molecule has 1 aliphatic carbocycles. The number of sulfone groups is 1. The number of aromatic nitrogens is 2. The van der Waals surface area contributed by atoms with Crippen molar-refractivity contribution in [3.05, 3.63) is 83.0 Å². The van der Waals surface area contributed by atoms with Crippen molar-refractivity contribution in [2.24, 2.45) is 5.92 Å². The summed E-state index contributed by atoms with van der Waals surface area (Å²) in [7, 11) is -3.80. The largest absolute Gasteiger partial charge is 0.377 e. The van der Waals surface area contributed by atoms with Crippen molar-refractivity contribution in [2.45, 2.75) is 55.9 Å². The highest BCUT2D eigenvalue weighted by atomic mass is 35.5. The predicted molar refractivity (Wildman–Crippen MR) is 166 cm³/mol. The molecule has 5 rings (SSSR count). The number of pyridine rings is 2. The van der Waals surface area contributed by atoms with Gasteiger partial charge in [0.25, 0.3) is 0 Å². The second kappa shape index (κ2) is 13.2. The van der Waals surface area contributed by atoms with E-state index < -0.39 is 44.5 Å². The molecular weight excluding hydrogens is 609 g/mol. The minimum absolute atomic E-state index is 0.133. The van der Waals surface area contributed by atoms with E-state index in [9.17, 15) is 18.0 Å². The number of likely N-dealkylation sites (tertiary alicyclic amines) is 1. The van der Waals surface area contributed by atoms with Crippen LogP contribution in [0.2, 0.25) is 5.02 Å². The number of hydrogen-bond donors (Lipinski definition) is 2. The van der Waals surface area contributed by atoms with Crippen molar-refractivity contribution in [3.63, 3.8) is 0 Å². The zero-order valence-electron chi connectivity index (χ0n) is 24.5. The number of rotatable bonds is 11. The van der Waals surface area contributed by atoms with E-state index in [1.807, 2.05) is 6.92 Å². The molecule has 3 aromatic rings. The SMILES string of the molecule is CCO[C@@H]1C[C@H](C(=O)Nc2cc(C(CCC3CC3)(c3ccncc3)S(C)(=O)=O)ccc2F)N(C(=O)Nc2ccc(Cl)cn2)C1. The number of urea groups is 1. The zero-order chi connectivity index (χ0) is 31.5. The number of nitrogens with zero attached hydrogens (tertiary/aromatic N) is 3. The van der Waals surface area contributed by atoms with Crippen molar-refractivity contribution < 1.29 is 27.1 Å². The summed E-state index contributed by atoms with van der Waals surface area (Å²) in [5.74, 6) is -0.675. The van der Waals surface area contributed by atoms with Gasteiger partial charge in [-0.15, -0.1) is 0 Å². The summed E-state index contributed by atoms with van der Waals surface area (Å²) >= 11 is 5.89. The lowest BCUT2D eigenvalue weighted by molar-refractivity contribution is -0.119. The number of nitrogens with one attached hydrogen (secondary N) is 2. The molecule has 1 saturated heterocycles. The molecule has 234 valence electrons. The lowest BCUT2D eigenvalue weighted by Gasteiger charge is -2.34. The molecule has 2 N–H and O–H groups in total. The monoisotopic (exact) mass is 643 g/mol. The summed E-state index contributed by atoms with van der Waals surface area (Å²) in [6, 6.07) is 8.87. The van der Waals surface area contributed by atoms with Crippen LogP contribution in [0.1, 0.15) is 50.2 Å². The number of halogens is 2. The van der Waals surface area contributed by atoms with Gasteiger partial charge in [-0.3, -0.25) is 15.1 Å². The topological polar surface area (TPSA) is 131 Å². The van der Waals surface area contributed by atoms with Gasteiger partial charge in [-0.25, -0.2) is 22.6 Å². The summed E-state index contributed by atoms with van der Waals surface area (Å²) < 4.78 is 46.8. The Morgan fingerprint density at radius 2 is 1.86 bits per heavy atom. The van der Waals surface area contributed by atoms with Crippen LogP contribution in [0, 0.1) is 11.7 Å². The maximum Gasteiger partial charge on any atom is 0.323 e. The number of carbonyl (C=O) groups is 2. The van der Waals surface area contributed by atoms with E-state index in [1.54, 1.807) is 18.2 Å². The van der Waals surface area contributed by atoms with Crippen molar-refractivity contribution in [2.75, 3.05) is 30.0 Å².